The van der Waals surface area contributed by atoms with Crippen molar-refractivity contribution >= 4 is 11.6 Å². The van der Waals surface area contributed by atoms with Gasteiger partial charge < -0.3 is 14.6 Å². The Labute approximate surface area is 112 Å². The van der Waals surface area contributed by atoms with Gasteiger partial charge in [0.1, 0.15) is 11.5 Å². The van der Waals surface area contributed by atoms with Gasteiger partial charge in [-0.3, -0.25) is 4.79 Å². The zero-order valence-corrected chi connectivity index (χ0v) is 11.0. The van der Waals surface area contributed by atoms with Gasteiger partial charge >= 0.3 is 0 Å². The highest BCUT2D eigenvalue weighted by Crippen LogP contribution is 2.33. The second kappa shape index (κ2) is 4.46. The average molecular weight is 256 g/mol. The minimum atomic E-state index is -0.235. The number of fused-ring (bicyclic) bond motifs is 1. The van der Waals surface area contributed by atoms with Crippen molar-refractivity contribution in [3.63, 3.8) is 0 Å². The zero-order valence-electron chi connectivity index (χ0n) is 11.0. The average Bonchev–Trinajstić information content (AvgIpc) is 2.85. The number of benzene rings is 1. The fourth-order valence-electron chi connectivity index (χ4n) is 2.44. The zero-order chi connectivity index (χ0) is 13.4. The summed E-state index contributed by atoms with van der Waals surface area (Å²) in [6.45, 7) is 4.50. The Morgan fingerprint density at radius 1 is 1.26 bits per heavy atom. The van der Waals surface area contributed by atoms with Gasteiger partial charge in [-0.2, -0.15) is 0 Å². The molecule has 0 aliphatic carbocycles. The van der Waals surface area contributed by atoms with Gasteiger partial charge in [0.2, 0.25) is 0 Å². The van der Waals surface area contributed by atoms with Crippen LogP contribution >= 0.6 is 0 Å². The molecule has 1 amide bonds. The first-order valence-electron chi connectivity index (χ1n) is 6.43. The van der Waals surface area contributed by atoms with Crippen LogP contribution in [0, 0.1) is 6.92 Å². The van der Waals surface area contributed by atoms with E-state index in [9.17, 15) is 4.79 Å². The molecule has 0 fully saturated rings. The molecule has 0 saturated carbocycles. The highest BCUT2D eigenvalue weighted by Gasteiger charge is 2.33. The summed E-state index contributed by atoms with van der Waals surface area (Å²) in [5.41, 5.74) is 1.57. The lowest BCUT2D eigenvalue weighted by Gasteiger charge is -2.36. The van der Waals surface area contributed by atoms with E-state index < -0.39 is 0 Å². The minimum Gasteiger partial charge on any atom is -0.462 e. The first-order valence-corrected chi connectivity index (χ1v) is 6.43. The monoisotopic (exact) mass is 256 g/mol. The van der Waals surface area contributed by atoms with Crippen LogP contribution in [-0.4, -0.2) is 17.4 Å². The number of rotatable bonds is 2. The topological polar surface area (TPSA) is 45.5 Å². The summed E-state index contributed by atoms with van der Waals surface area (Å²) in [5, 5.41) is 3.37. The van der Waals surface area contributed by atoms with Gasteiger partial charge in [-0.05, 0) is 38.1 Å². The van der Waals surface area contributed by atoms with Gasteiger partial charge in [0, 0.05) is 12.2 Å². The lowest BCUT2D eigenvalue weighted by Crippen LogP contribution is -2.42. The van der Waals surface area contributed by atoms with Crippen LogP contribution < -0.4 is 5.32 Å². The van der Waals surface area contributed by atoms with E-state index in [1.165, 1.54) is 0 Å². The van der Waals surface area contributed by atoms with Gasteiger partial charge in [-0.1, -0.05) is 12.1 Å². The van der Waals surface area contributed by atoms with E-state index in [4.69, 9.17) is 4.42 Å². The lowest BCUT2D eigenvalue weighted by atomic mass is 10.1. The van der Waals surface area contributed by atoms with Crippen LogP contribution in [0.15, 0.2) is 40.8 Å². The van der Waals surface area contributed by atoms with Gasteiger partial charge in [0.15, 0.2) is 6.17 Å². The molecule has 1 aromatic heterocycles. The molecule has 0 bridgehead atoms. The first-order chi connectivity index (χ1) is 9.20. The van der Waals surface area contributed by atoms with Crippen molar-refractivity contribution in [3.8, 4) is 0 Å². The van der Waals surface area contributed by atoms with Crippen LogP contribution in [0.4, 0.5) is 5.69 Å². The SMILES string of the molecule is CCN1C(=O)c2ccccc2NC1c1ccc(C)o1. The summed E-state index contributed by atoms with van der Waals surface area (Å²) < 4.78 is 5.66. The number of carbonyl (C=O) groups excluding carboxylic acids is 1. The third-order valence-electron chi connectivity index (χ3n) is 3.39. The Bertz CT molecular complexity index is 618. The van der Waals surface area contributed by atoms with Gasteiger partial charge in [-0.25, -0.2) is 0 Å². The van der Waals surface area contributed by atoms with Crippen molar-refractivity contribution in [2.24, 2.45) is 0 Å². The number of furan rings is 1. The quantitative estimate of drug-likeness (QED) is 0.897. The normalized spacial score (nSPS) is 18.1. The molecule has 4 nitrogen and oxygen atoms in total. The molecule has 1 aromatic carbocycles. The van der Waals surface area contributed by atoms with Crippen LogP contribution in [-0.2, 0) is 0 Å². The molecule has 2 heterocycles. The summed E-state index contributed by atoms with van der Waals surface area (Å²) >= 11 is 0. The molecule has 1 N–H and O–H groups in total. The molecule has 0 spiro atoms. The summed E-state index contributed by atoms with van der Waals surface area (Å²) in [6.07, 6.45) is -0.235. The van der Waals surface area contributed by atoms with Crippen molar-refractivity contribution in [2.45, 2.75) is 20.0 Å². The maximum absolute atomic E-state index is 12.5. The standard InChI is InChI=1S/C15H16N2O2/c1-3-17-14(13-9-8-10(2)19-13)16-12-7-5-4-6-11(12)15(17)18/h4-9,14,16H,3H2,1-2H3. The number of nitrogens with zero attached hydrogens (tertiary/aromatic N) is 1. The molecule has 98 valence electrons. The smallest absolute Gasteiger partial charge is 0.257 e. The van der Waals surface area contributed by atoms with Crippen LogP contribution in [0.2, 0.25) is 0 Å². The van der Waals surface area contributed by atoms with E-state index in [1.54, 1.807) is 4.90 Å². The maximum Gasteiger partial charge on any atom is 0.257 e. The third kappa shape index (κ3) is 1.89. The van der Waals surface area contributed by atoms with Crippen LogP contribution in [0.5, 0.6) is 0 Å². The number of anilines is 1. The minimum absolute atomic E-state index is 0.0379. The number of carbonyl (C=O) groups is 1. The van der Waals surface area contributed by atoms with E-state index in [0.717, 1.165) is 17.2 Å². The number of nitrogens with one attached hydrogen (secondary N) is 1. The van der Waals surface area contributed by atoms with E-state index in [-0.39, 0.29) is 12.1 Å². The molecular formula is C15H16N2O2. The van der Waals surface area contributed by atoms with E-state index >= 15 is 0 Å². The third-order valence-corrected chi connectivity index (χ3v) is 3.39. The highest BCUT2D eigenvalue weighted by molar-refractivity contribution is 6.01. The molecular weight excluding hydrogens is 240 g/mol. The largest absolute Gasteiger partial charge is 0.462 e. The summed E-state index contributed by atoms with van der Waals surface area (Å²) in [4.78, 5) is 14.3. The molecule has 2 aromatic rings. The summed E-state index contributed by atoms with van der Waals surface area (Å²) in [7, 11) is 0. The van der Waals surface area contributed by atoms with E-state index in [1.807, 2.05) is 50.2 Å². The Morgan fingerprint density at radius 2 is 2.05 bits per heavy atom. The fourth-order valence-corrected chi connectivity index (χ4v) is 2.44. The molecule has 1 atom stereocenters. The second-order valence-corrected chi connectivity index (χ2v) is 4.63. The molecule has 1 unspecified atom stereocenters. The Kier molecular flexibility index (Phi) is 2.78. The van der Waals surface area contributed by atoms with Crippen molar-refractivity contribution < 1.29 is 9.21 Å². The summed E-state index contributed by atoms with van der Waals surface area (Å²) in [6, 6.07) is 11.4. The molecule has 3 rings (SSSR count). The number of para-hydroxylation sites is 1. The molecule has 0 saturated heterocycles. The van der Waals surface area contributed by atoms with Gasteiger partial charge in [0.05, 0.1) is 5.56 Å². The predicted molar refractivity (Wildman–Crippen MR) is 73.0 cm³/mol. The summed E-state index contributed by atoms with van der Waals surface area (Å²) in [5.74, 6) is 1.65. The molecule has 1 aliphatic heterocycles. The van der Waals surface area contributed by atoms with Crippen molar-refractivity contribution in [1.82, 2.24) is 4.90 Å². The maximum atomic E-state index is 12.5. The van der Waals surface area contributed by atoms with Crippen molar-refractivity contribution in [2.75, 3.05) is 11.9 Å². The second-order valence-electron chi connectivity index (χ2n) is 4.63. The van der Waals surface area contributed by atoms with Gasteiger partial charge in [-0.15, -0.1) is 0 Å². The Hall–Kier alpha value is -2.23. The predicted octanol–water partition coefficient (Wildman–Crippen LogP) is 3.17. The van der Waals surface area contributed by atoms with Crippen LogP contribution in [0.25, 0.3) is 0 Å². The van der Waals surface area contributed by atoms with Gasteiger partial charge in [0.25, 0.3) is 5.91 Å². The number of aryl methyl sites for hydroxylation is 1. The Balaban J connectivity index is 2.05. The van der Waals surface area contributed by atoms with Crippen LogP contribution in [0.1, 0.15) is 35.0 Å². The Morgan fingerprint density at radius 3 is 2.74 bits per heavy atom. The molecule has 19 heavy (non-hydrogen) atoms. The first kappa shape index (κ1) is 11.8. The lowest BCUT2D eigenvalue weighted by molar-refractivity contribution is 0.0674. The molecule has 1 aliphatic rings. The number of amides is 1. The number of hydrogen-bond acceptors (Lipinski definition) is 3. The molecule has 0 radical (unpaired) electrons. The van der Waals surface area contributed by atoms with Crippen molar-refractivity contribution in [1.29, 1.82) is 0 Å². The fraction of sp³-hybridized carbons (Fsp3) is 0.267. The molecule has 4 heteroatoms. The van der Waals surface area contributed by atoms with E-state index in [2.05, 4.69) is 5.32 Å². The van der Waals surface area contributed by atoms with E-state index in [0.29, 0.717) is 12.1 Å². The highest BCUT2D eigenvalue weighted by atomic mass is 16.3. The number of hydrogen-bond donors (Lipinski definition) is 1. The van der Waals surface area contributed by atoms with Crippen LogP contribution in [0.3, 0.4) is 0 Å². The van der Waals surface area contributed by atoms with Crippen molar-refractivity contribution in [3.05, 3.63) is 53.5 Å².